The lowest BCUT2D eigenvalue weighted by atomic mass is 10.00. The zero-order valence-electron chi connectivity index (χ0n) is 21.7. The molecule has 2 aromatic carbocycles. The van der Waals surface area contributed by atoms with Gasteiger partial charge < -0.3 is 18.9 Å². The molecule has 0 radical (unpaired) electrons. The van der Waals surface area contributed by atoms with Gasteiger partial charge in [-0.3, -0.25) is 0 Å². The second kappa shape index (κ2) is 9.88. The maximum absolute atomic E-state index is 14.8. The van der Waals surface area contributed by atoms with E-state index in [0.717, 1.165) is 49.7 Å². The summed E-state index contributed by atoms with van der Waals surface area (Å²) < 4.78 is 61.3. The molecule has 0 amide bonds. The second-order valence-electron chi connectivity index (χ2n) is 10.7. The summed E-state index contributed by atoms with van der Waals surface area (Å²) in [4.78, 5) is 18.8. The van der Waals surface area contributed by atoms with Gasteiger partial charge in [0.05, 0.1) is 35.6 Å². The molecule has 1 aliphatic carbocycles. The summed E-state index contributed by atoms with van der Waals surface area (Å²) in [5.41, 5.74) is 1.00. The first-order chi connectivity index (χ1) is 19.4. The van der Waals surface area contributed by atoms with Gasteiger partial charge >= 0.3 is 5.97 Å². The van der Waals surface area contributed by atoms with E-state index >= 15 is 0 Å². The number of fused-ring (bicyclic) bond motifs is 3. The van der Waals surface area contributed by atoms with Crippen molar-refractivity contribution in [1.82, 2.24) is 10.1 Å². The van der Waals surface area contributed by atoms with Gasteiger partial charge in [-0.1, -0.05) is 22.6 Å². The first kappa shape index (κ1) is 25.5. The maximum atomic E-state index is 14.8. The first-order valence-electron chi connectivity index (χ1n) is 13.4. The van der Waals surface area contributed by atoms with Gasteiger partial charge in [0.15, 0.2) is 10.9 Å². The number of rotatable bonds is 7. The summed E-state index contributed by atoms with van der Waals surface area (Å²) in [6, 6.07) is 6.87. The molecule has 2 aromatic heterocycles. The molecular formula is C29H26F3N3O4S. The van der Waals surface area contributed by atoms with Crippen molar-refractivity contribution in [3.8, 4) is 11.3 Å². The number of esters is 1. The van der Waals surface area contributed by atoms with Crippen molar-refractivity contribution >= 4 is 32.7 Å². The maximum Gasteiger partial charge on any atom is 0.338 e. The molecule has 1 saturated carbocycles. The Morgan fingerprint density at radius 1 is 1.07 bits per heavy atom. The van der Waals surface area contributed by atoms with Crippen LogP contribution in [0.15, 0.2) is 34.9 Å². The number of methoxy groups -OCH3 is 1. The SMILES string of the molecule is COC(=O)c1cc(F)c2nc(N3C4CCC3CC(OCc3c(-c5c(F)cccc5F)noc3C3CC3)C4)sc2c1. The van der Waals surface area contributed by atoms with Gasteiger partial charge in [0.2, 0.25) is 0 Å². The Hall–Kier alpha value is -3.44. The molecule has 3 fully saturated rings. The Morgan fingerprint density at radius 3 is 2.48 bits per heavy atom. The number of carbonyl (C=O) groups excluding carboxylic acids is 1. The summed E-state index contributed by atoms with van der Waals surface area (Å²) >= 11 is 1.37. The molecule has 2 bridgehead atoms. The molecule has 0 spiro atoms. The molecule has 11 heteroatoms. The molecule has 2 aliphatic heterocycles. The van der Waals surface area contributed by atoms with Crippen LogP contribution in [-0.2, 0) is 16.1 Å². The second-order valence-corrected chi connectivity index (χ2v) is 11.7. The van der Waals surface area contributed by atoms with Crippen molar-refractivity contribution in [2.75, 3.05) is 12.0 Å². The van der Waals surface area contributed by atoms with Gasteiger partial charge in [0.1, 0.15) is 28.6 Å². The summed E-state index contributed by atoms with van der Waals surface area (Å²) in [7, 11) is 1.27. The minimum Gasteiger partial charge on any atom is -0.465 e. The highest BCUT2D eigenvalue weighted by Gasteiger charge is 2.43. The molecule has 208 valence electrons. The van der Waals surface area contributed by atoms with Crippen LogP contribution in [-0.4, -0.2) is 41.4 Å². The van der Waals surface area contributed by atoms with Gasteiger partial charge in [0, 0.05) is 23.6 Å². The van der Waals surface area contributed by atoms with E-state index in [1.165, 1.54) is 36.6 Å². The zero-order chi connectivity index (χ0) is 27.5. The van der Waals surface area contributed by atoms with Gasteiger partial charge in [-0.25, -0.2) is 22.9 Å². The average molecular weight is 570 g/mol. The van der Waals surface area contributed by atoms with E-state index in [1.807, 2.05) is 0 Å². The van der Waals surface area contributed by atoms with Gasteiger partial charge in [-0.2, -0.15) is 0 Å². The molecule has 2 saturated heterocycles. The van der Waals surface area contributed by atoms with E-state index in [9.17, 15) is 18.0 Å². The third kappa shape index (κ3) is 4.35. The van der Waals surface area contributed by atoms with Crippen molar-refractivity contribution in [3.63, 3.8) is 0 Å². The fourth-order valence-corrected chi connectivity index (χ4v) is 7.31. The number of aromatic nitrogens is 2. The van der Waals surface area contributed by atoms with Crippen LogP contribution in [0.1, 0.15) is 66.1 Å². The number of anilines is 1. The number of hydrogen-bond acceptors (Lipinski definition) is 8. The topological polar surface area (TPSA) is 77.7 Å². The summed E-state index contributed by atoms with van der Waals surface area (Å²) in [5.74, 6) is -1.66. The van der Waals surface area contributed by atoms with E-state index < -0.39 is 23.4 Å². The van der Waals surface area contributed by atoms with E-state index in [0.29, 0.717) is 16.0 Å². The molecule has 2 atom stereocenters. The van der Waals surface area contributed by atoms with Crippen LogP contribution < -0.4 is 4.90 Å². The van der Waals surface area contributed by atoms with Crippen molar-refractivity contribution in [2.24, 2.45) is 0 Å². The molecular weight excluding hydrogens is 543 g/mol. The van der Waals surface area contributed by atoms with Crippen molar-refractivity contribution in [2.45, 2.75) is 69.2 Å². The first-order valence-corrected chi connectivity index (χ1v) is 14.2. The van der Waals surface area contributed by atoms with E-state index in [2.05, 4.69) is 15.0 Å². The summed E-state index contributed by atoms with van der Waals surface area (Å²) in [6.07, 6.45) is 5.25. The van der Waals surface area contributed by atoms with E-state index in [1.54, 1.807) is 6.07 Å². The monoisotopic (exact) mass is 569 g/mol. The molecule has 40 heavy (non-hydrogen) atoms. The molecule has 4 aromatic rings. The third-order valence-corrected chi connectivity index (χ3v) is 9.21. The van der Waals surface area contributed by atoms with Crippen molar-refractivity contribution in [1.29, 1.82) is 0 Å². The normalized spacial score (nSPS) is 22.3. The number of halogens is 3. The lowest BCUT2D eigenvalue weighted by Crippen LogP contribution is -2.45. The molecule has 4 heterocycles. The van der Waals surface area contributed by atoms with Gasteiger partial charge in [0.25, 0.3) is 0 Å². The number of benzene rings is 2. The van der Waals surface area contributed by atoms with Crippen LogP contribution >= 0.6 is 11.3 Å². The Bertz CT molecular complexity index is 1580. The molecule has 0 N–H and O–H groups in total. The lowest BCUT2D eigenvalue weighted by molar-refractivity contribution is 0.0147. The predicted octanol–water partition coefficient (Wildman–Crippen LogP) is 6.75. The van der Waals surface area contributed by atoms with E-state index in [4.69, 9.17) is 14.0 Å². The zero-order valence-corrected chi connectivity index (χ0v) is 22.5. The number of carbonyl (C=O) groups is 1. The molecule has 2 unspecified atom stereocenters. The molecule has 3 aliphatic rings. The van der Waals surface area contributed by atoms with E-state index in [-0.39, 0.29) is 53.0 Å². The van der Waals surface area contributed by atoms with Crippen LogP contribution in [0, 0.1) is 17.5 Å². The Balaban J connectivity index is 1.10. The average Bonchev–Trinajstić information content (AvgIpc) is 3.46. The highest BCUT2D eigenvalue weighted by molar-refractivity contribution is 7.22. The molecule has 7 nitrogen and oxygen atoms in total. The fraction of sp³-hybridized carbons (Fsp3) is 0.414. The van der Waals surface area contributed by atoms with Crippen molar-refractivity contribution in [3.05, 3.63) is 64.7 Å². The number of ether oxygens (including phenoxy) is 2. The standard InChI is InChI=1S/C29H26F3N3O4S/c1-37-28(36)15-9-22(32)26-23(10-15)40-29(33-26)35-16-7-8-17(35)12-18(11-16)38-13-19-25(34-39-27(19)14-5-6-14)24-20(30)3-2-4-21(24)31/h2-4,9-10,14,16-18H,5-8,11-13H2,1H3. The smallest absolute Gasteiger partial charge is 0.338 e. The van der Waals surface area contributed by atoms with Crippen LogP contribution in [0.5, 0.6) is 0 Å². The van der Waals surface area contributed by atoms with Crippen LogP contribution in [0.4, 0.5) is 18.3 Å². The number of hydrogen-bond donors (Lipinski definition) is 0. The molecule has 7 rings (SSSR count). The van der Waals surface area contributed by atoms with Crippen LogP contribution in [0.2, 0.25) is 0 Å². The Kier molecular flexibility index (Phi) is 6.31. The highest BCUT2D eigenvalue weighted by atomic mass is 32.1. The third-order valence-electron chi connectivity index (χ3n) is 8.20. The summed E-state index contributed by atoms with van der Waals surface area (Å²) in [6.45, 7) is 0.158. The van der Waals surface area contributed by atoms with Crippen molar-refractivity contribution < 1.29 is 32.0 Å². The minimum absolute atomic E-state index is 0.0638. The number of nitrogens with zero attached hydrogens (tertiary/aromatic N) is 3. The minimum atomic E-state index is -0.686. The van der Waals surface area contributed by atoms with Gasteiger partial charge in [-0.15, -0.1) is 0 Å². The Morgan fingerprint density at radius 2 is 1.80 bits per heavy atom. The highest BCUT2D eigenvalue weighted by Crippen LogP contribution is 2.46. The van der Waals surface area contributed by atoms with Gasteiger partial charge in [-0.05, 0) is 62.8 Å². The number of thiazole rings is 1. The quantitative estimate of drug-likeness (QED) is 0.228. The lowest BCUT2D eigenvalue weighted by Gasteiger charge is -2.38. The van der Waals surface area contributed by atoms with Crippen LogP contribution in [0.3, 0.4) is 0 Å². The predicted molar refractivity (Wildman–Crippen MR) is 142 cm³/mol. The van der Waals surface area contributed by atoms with Crippen LogP contribution in [0.25, 0.3) is 21.5 Å². The number of piperidine rings is 1. The largest absolute Gasteiger partial charge is 0.465 e. The summed E-state index contributed by atoms with van der Waals surface area (Å²) in [5, 5.41) is 4.80. The Labute approximate surface area is 231 Å². The fourth-order valence-electron chi connectivity index (χ4n) is 6.15.